The molecule has 0 radical (unpaired) electrons. The SMILES string of the molecule is CCOc1ccccc1C(=O)Cn1cnc(C)c(Br)c1=O. The minimum Gasteiger partial charge on any atom is -0.493 e. The van der Waals surface area contributed by atoms with Crippen molar-refractivity contribution in [1.82, 2.24) is 9.55 Å². The summed E-state index contributed by atoms with van der Waals surface area (Å²) in [6.07, 6.45) is 1.38. The molecule has 110 valence electrons. The number of para-hydroxylation sites is 1. The van der Waals surface area contributed by atoms with Crippen LogP contribution < -0.4 is 10.3 Å². The highest BCUT2D eigenvalue weighted by atomic mass is 79.9. The third-order valence-corrected chi connectivity index (χ3v) is 3.87. The zero-order chi connectivity index (χ0) is 15.4. The Balaban J connectivity index is 2.31. The summed E-state index contributed by atoms with van der Waals surface area (Å²) in [7, 11) is 0. The van der Waals surface area contributed by atoms with E-state index in [1.54, 1.807) is 31.2 Å². The fourth-order valence-electron chi connectivity index (χ4n) is 1.88. The van der Waals surface area contributed by atoms with E-state index >= 15 is 0 Å². The van der Waals surface area contributed by atoms with Crippen molar-refractivity contribution in [1.29, 1.82) is 0 Å². The van der Waals surface area contributed by atoms with E-state index in [0.29, 0.717) is 28.1 Å². The highest BCUT2D eigenvalue weighted by molar-refractivity contribution is 9.10. The number of carbonyl (C=O) groups excluding carboxylic acids is 1. The lowest BCUT2D eigenvalue weighted by atomic mass is 10.1. The zero-order valence-electron chi connectivity index (χ0n) is 11.8. The number of rotatable bonds is 5. The first-order chi connectivity index (χ1) is 10.0. The van der Waals surface area contributed by atoms with E-state index in [9.17, 15) is 9.59 Å². The van der Waals surface area contributed by atoms with Crippen LogP contribution in [0.4, 0.5) is 0 Å². The van der Waals surface area contributed by atoms with E-state index in [4.69, 9.17) is 4.74 Å². The molecule has 1 aromatic heterocycles. The molecule has 0 aliphatic rings. The number of carbonyl (C=O) groups is 1. The van der Waals surface area contributed by atoms with Crippen LogP contribution in [0.3, 0.4) is 0 Å². The van der Waals surface area contributed by atoms with Crippen LogP contribution in [-0.4, -0.2) is 21.9 Å². The minimum absolute atomic E-state index is 0.0746. The third-order valence-electron chi connectivity index (χ3n) is 2.96. The molecule has 0 spiro atoms. The van der Waals surface area contributed by atoms with Crippen molar-refractivity contribution < 1.29 is 9.53 Å². The molecule has 2 aromatic rings. The van der Waals surface area contributed by atoms with Crippen molar-refractivity contribution in [3.05, 3.63) is 56.7 Å². The van der Waals surface area contributed by atoms with Crippen molar-refractivity contribution in [3.63, 3.8) is 0 Å². The maximum absolute atomic E-state index is 12.4. The number of aryl methyl sites for hydroxylation is 1. The summed E-state index contributed by atoms with van der Waals surface area (Å²) in [5.74, 6) is 0.330. The largest absolute Gasteiger partial charge is 0.493 e. The second-order valence-corrected chi connectivity index (χ2v) is 5.22. The monoisotopic (exact) mass is 350 g/mol. The summed E-state index contributed by atoms with van der Waals surface area (Å²) in [5, 5.41) is 0. The van der Waals surface area contributed by atoms with Gasteiger partial charge in [-0.1, -0.05) is 12.1 Å². The Labute approximate surface area is 130 Å². The quantitative estimate of drug-likeness (QED) is 0.777. The molecule has 5 nitrogen and oxygen atoms in total. The van der Waals surface area contributed by atoms with E-state index in [0.717, 1.165) is 0 Å². The van der Waals surface area contributed by atoms with Gasteiger partial charge in [0, 0.05) is 0 Å². The van der Waals surface area contributed by atoms with Crippen LogP contribution in [0.2, 0.25) is 0 Å². The molecule has 0 amide bonds. The molecule has 1 heterocycles. The van der Waals surface area contributed by atoms with Crippen LogP contribution in [0.1, 0.15) is 23.0 Å². The molecular weight excluding hydrogens is 336 g/mol. The lowest BCUT2D eigenvalue weighted by Crippen LogP contribution is -2.26. The molecule has 0 unspecified atom stereocenters. The van der Waals surface area contributed by atoms with Gasteiger partial charge < -0.3 is 4.74 Å². The third kappa shape index (κ3) is 3.39. The number of hydrogen-bond acceptors (Lipinski definition) is 4. The fraction of sp³-hybridized carbons (Fsp3) is 0.267. The average molecular weight is 351 g/mol. The van der Waals surface area contributed by atoms with E-state index in [2.05, 4.69) is 20.9 Å². The summed E-state index contributed by atoms with van der Waals surface area (Å²) in [4.78, 5) is 28.5. The first kappa shape index (κ1) is 15.4. The number of Topliss-reactive ketones (excluding diaryl/α,β-unsaturated/α-hetero) is 1. The Hall–Kier alpha value is -1.95. The van der Waals surface area contributed by atoms with Gasteiger partial charge >= 0.3 is 0 Å². The second kappa shape index (κ2) is 6.67. The van der Waals surface area contributed by atoms with Crippen molar-refractivity contribution in [2.24, 2.45) is 0 Å². The molecule has 0 atom stereocenters. The van der Waals surface area contributed by atoms with Gasteiger partial charge in [-0.3, -0.25) is 14.2 Å². The standard InChI is InChI=1S/C15H15BrN2O3/c1-3-21-13-7-5-4-6-11(13)12(19)8-18-9-17-10(2)14(16)15(18)20/h4-7,9H,3,8H2,1-2H3. The van der Waals surface area contributed by atoms with Crippen molar-refractivity contribution in [2.75, 3.05) is 6.61 Å². The summed E-state index contributed by atoms with van der Waals surface area (Å²) < 4.78 is 7.09. The number of nitrogens with zero attached hydrogens (tertiary/aromatic N) is 2. The normalized spacial score (nSPS) is 10.4. The Morgan fingerprint density at radius 3 is 2.81 bits per heavy atom. The molecule has 6 heteroatoms. The second-order valence-electron chi connectivity index (χ2n) is 4.43. The maximum atomic E-state index is 12.4. The van der Waals surface area contributed by atoms with Crippen LogP contribution in [0.5, 0.6) is 5.75 Å². The van der Waals surface area contributed by atoms with Crippen molar-refractivity contribution in [3.8, 4) is 5.75 Å². The molecule has 1 aromatic carbocycles. The number of hydrogen-bond donors (Lipinski definition) is 0. The topological polar surface area (TPSA) is 61.2 Å². The molecule has 0 N–H and O–H groups in total. The van der Waals surface area contributed by atoms with Crippen LogP contribution in [0, 0.1) is 6.92 Å². The Kier molecular flexibility index (Phi) is 4.90. The fourth-order valence-corrected chi connectivity index (χ4v) is 2.21. The first-order valence-corrected chi connectivity index (χ1v) is 7.30. The lowest BCUT2D eigenvalue weighted by Gasteiger charge is -2.10. The smallest absolute Gasteiger partial charge is 0.268 e. The number of ether oxygens (including phenoxy) is 1. The molecule has 0 bridgehead atoms. The van der Waals surface area contributed by atoms with Gasteiger partial charge in [-0.15, -0.1) is 0 Å². The Morgan fingerprint density at radius 1 is 1.38 bits per heavy atom. The molecule has 0 aliphatic heterocycles. The first-order valence-electron chi connectivity index (χ1n) is 6.51. The highest BCUT2D eigenvalue weighted by Crippen LogP contribution is 2.19. The molecule has 0 fully saturated rings. The minimum atomic E-state index is -0.273. The maximum Gasteiger partial charge on any atom is 0.268 e. The van der Waals surface area contributed by atoms with Gasteiger partial charge in [0.2, 0.25) is 0 Å². The van der Waals surface area contributed by atoms with E-state index in [-0.39, 0.29) is 17.9 Å². The van der Waals surface area contributed by atoms with Crippen LogP contribution in [-0.2, 0) is 6.54 Å². The van der Waals surface area contributed by atoms with E-state index in [1.807, 2.05) is 6.92 Å². The van der Waals surface area contributed by atoms with Crippen LogP contribution >= 0.6 is 15.9 Å². The molecule has 0 saturated heterocycles. The predicted octanol–water partition coefficient (Wildman–Crippen LogP) is 2.60. The van der Waals surface area contributed by atoms with Gasteiger partial charge in [0.15, 0.2) is 5.78 Å². The number of halogens is 1. The van der Waals surface area contributed by atoms with Gasteiger partial charge in [-0.25, -0.2) is 4.98 Å². The molecule has 0 aliphatic carbocycles. The predicted molar refractivity (Wildman–Crippen MR) is 82.9 cm³/mol. The summed E-state index contributed by atoms with van der Waals surface area (Å²) in [6.45, 7) is 3.98. The lowest BCUT2D eigenvalue weighted by molar-refractivity contribution is 0.0966. The van der Waals surface area contributed by atoms with Gasteiger partial charge in [0.1, 0.15) is 10.2 Å². The number of benzene rings is 1. The Morgan fingerprint density at radius 2 is 2.10 bits per heavy atom. The van der Waals surface area contributed by atoms with E-state index in [1.165, 1.54) is 10.9 Å². The summed E-state index contributed by atoms with van der Waals surface area (Å²) in [6, 6.07) is 7.00. The van der Waals surface area contributed by atoms with E-state index < -0.39 is 0 Å². The average Bonchev–Trinajstić information content (AvgIpc) is 2.49. The molecule has 2 rings (SSSR count). The summed E-state index contributed by atoms with van der Waals surface area (Å²) >= 11 is 3.18. The number of ketones is 1. The van der Waals surface area contributed by atoms with Gasteiger partial charge in [-0.05, 0) is 41.9 Å². The Bertz CT molecular complexity index is 725. The number of aromatic nitrogens is 2. The highest BCUT2D eigenvalue weighted by Gasteiger charge is 2.14. The zero-order valence-corrected chi connectivity index (χ0v) is 13.4. The molecule has 21 heavy (non-hydrogen) atoms. The van der Waals surface area contributed by atoms with Gasteiger partial charge in [0.25, 0.3) is 5.56 Å². The molecular formula is C15H15BrN2O3. The van der Waals surface area contributed by atoms with Gasteiger partial charge in [0.05, 0.1) is 30.7 Å². The van der Waals surface area contributed by atoms with Gasteiger partial charge in [-0.2, -0.15) is 0 Å². The molecule has 0 saturated carbocycles. The van der Waals surface area contributed by atoms with Crippen LogP contribution in [0.15, 0.2) is 39.9 Å². The van der Waals surface area contributed by atoms with Crippen molar-refractivity contribution >= 4 is 21.7 Å². The van der Waals surface area contributed by atoms with Crippen LogP contribution in [0.25, 0.3) is 0 Å². The van der Waals surface area contributed by atoms with Crippen molar-refractivity contribution in [2.45, 2.75) is 20.4 Å². The summed E-state index contributed by atoms with van der Waals surface area (Å²) in [5.41, 5.74) is 0.783.